The molecule has 3 N–H and O–H groups in total. The van der Waals surface area contributed by atoms with Crippen molar-refractivity contribution in [2.75, 3.05) is 6.54 Å². The monoisotopic (exact) mass is 360 g/mol. The van der Waals surface area contributed by atoms with Crippen LogP contribution in [-0.4, -0.2) is 38.0 Å². The van der Waals surface area contributed by atoms with Gasteiger partial charge in [-0.15, -0.1) is 0 Å². The number of amides is 1. The number of benzene rings is 1. The summed E-state index contributed by atoms with van der Waals surface area (Å²) in [6.45, 7) is 1.64. The fraction of sp³-hybridized carbons (Fsp3) is 0.467. The topological polar surface area (TPSA) is 113 Å². The fourth-order valence-corrected chi connectivity index (χ4v) is 3.08. The number of hydrogen-bond acceptors (Lipinski definition) is 4. The molecule has 0 bridgehead atoms. The molecule has 24 heavy (non-hydrogen) atoms. The lowest BCUT2D eigenvalue weighted by molar-refractivity contribution is -0.142. The van der Waals surface area contributed by atoms with Gasteiger partial charge in [-0.1, -0.05) is 31.9 Å². The maximum atomic E-state index is 13.5. The van der Waals surface area contributed by atoms with Gasteiger partial charge in [0.05, 0.1) is 0 Å². The predicted molar refractivity (Wildman–Crippen MR) is 85.3 cm³/mol. The zero-order valence-corrected chi connectivity index (χ0v) is 14.1. The lowest BCUT2D eigenvalue weighted by atomic mass is 10.1. The van der Waals surface area contributed by atoms with E-state index in [1.54, 1.807) is 0 Å². The second-order valence-corrected chi connectivity index (χ2v) is 6.91. The Hall–Kier alpha value is -2.00. The van der Waals surface area contributed by atoms with E-state index >= 15 is 0 Å². The molecule has 0 fully saturated rings. The van der Waals surface area contributed by atoms with Gasteiger partial charge in [0.25, 0.3) is 0 Å². The number of unbranched alkanes of at least 4 members (excludes halogenated alkanes) is 1. The van der Waals surface area contributed by atoms with Crippen molar-refractivity contribution < 1.29 is 27.5 Å². The number of aliphatic carboxylic acids is 1. The van der Waals surface area contributed by atoms with Crippen molar-refractivity contribution in [1.82, 2.24) is 10.0 Å². The van der Waals surface area contributed by atoms with E-state index in [1.807, 2.05) is 6.92 Å². The summed E-state index contributed by atoms with van der Waals surface area (Å²) in [6, 6.07) is 3.88. The van der Waals surface area contributed by atoms with Crippen LogP contribution in [0.5, 0.6) is 0 Å². The number of nitrogens with one attached hydrogen (secondary N) is 2. The van der Waals surface area contributed by atoms with Crippen LogP contribution in [0, 0.1) is 5.82 Å². The molecule has 0 spiro atoms. The lowest BCUT2D eigenvalue weighted by Crippen LogP contribution is -2.42. The van der Waals surface area contributed by atoms with Crippen LogP contribution in [0.1, 0.15) is 32.6 Å². The molecule has 0 saturated carbocycles. The van der Waals surface area contributed by atoms with Crippen LogP contribution in [0.3, 0.4) is 0 Å². The van der Waals surface area contributed by atoms with Gasteiger partial charge < -0.3 is 10.4 Å². The molecule has 1 amide bonds. The summed E-state index contributed by atoms with van der Waals surface area (Å²) in [7, 11) is -4.07. The maximum Gasteiger partial charge on any atom is 0.326 e. The molecule has 7 nitrogen and oxygen atoms in total. The summed E-state index contributed by atoms with van der Waals surface area (Å²) < 4.78 is 39.5. The summed E-state index contributed by atoms with van der Waals surface area (Å²) in [5.74, 6) is -2.61. The third-order valence-electron chi connectivity index (χ3n) is 3.25. The van der Waals surface area contributed by atoms with Crippen molar-refractivity contribution in [2.24, 2.45) is 0 Å². The lowest BCUT2D eigenvalue weighted by Gasteiger charge is -2.14. The highest BCUT2D eigenvalue weighted by molar-refractivity contribution is 7.89. The van der Waals surface area contributed by atoms with Gasteiger partial charge in [-0.25, -0.2) is 22.3 Å². The zero-order valence-electron chi connectivity index (χ0n) is 13.3. The molecule has 0 aliphatic rings. The van der Waals surface area contributed by atoms with Crippen LogP contribution in [0.4, 0.5) is 4.39 Å². The zero-order chi connectivity index (χ0) is 18.2. The van der Waals surface area contributed by atoms with Gasteiger partial charge in [0.2, 0.25) is 15.9 Å². The Morgan fingerprint density at radius 1 is 1.29 bits per heavy atom. The van der Waals surface area contributed by atoms with Crippen molar-refractivity contribution >= 4 is 21.9 Å². The third kappa shape index (κ3) is 6.25. The van der Waals surface area contributed by atoms with Gasteiger partial charge in [-0.2, -0.15) is 0 Å². The molecule has 1 rings (SSSR count). The second kappa shape index (κ2) is 9.33. The SMILES string of the molecule is CCCCC(NC(=O)CCNS(=O)(=O)c1ccccc1F)C(=O)O. The Bertz CT molecular complexity index is 678. The van der Waals surface area contributed by atoms with E-state index in [1.165, 1.54) is 12.1 Å². The van der Waals surface area contributed by atoms with Gasteiger partial charge in [-0.3, -0.25) is 4.79 Å². The standard InChI is InChI=1S/C15H21FN2O5S/c1-2-3-7-12(15(20)21)18-14(19)9-10-17-24(22,23)13-8-5-4-6-11(13)16/h4-6,8,12,17H,2-3,7,9-10H2,1H3,(H,18,19)(H,20,21). The molecule has 0 aliphatic heterocycles. The number of carboxylic acid groups (broad SMARTS) is 1. The average molecular weight is 360 g/mol. The Morgan fingerprint density at radius 3 is 2.54 bits per heavy atom. The van der Waals surface area contributed by atoms with Crippen LogP contribution in [-0.2, 0) is 19.6 Å². The molecule has 1 aromatic carbocycles. The van der Waals surface area contributed by atoms with Crippen molar-refractivity contribution in [1.29, 1.82) is 0 Å². The minimum atomic E-state index is -4.07. The fourth-order valence-electron chi connectivity index (χ4n) is 1.97. The number of halogens is 1. The molecule has 0 aromatic heterocycles. The van der Waals surface area contributed by atoms with Crippen molar-refractivity contribution in [3.63, 3.8) is 0 Å². The number of carboxylic acids is 1. The average Bonchev–Trinajstić information content (AvgIpc) is 2.51. The van der Waals surface area contributed by atoms with Crippen molar-refractivity contribution in [3.8, 4) is 0 Å². The summed E-state index contributed by atoms with van der Waals surface area (Å²) in [6.07, 6.45) is 1.50. The van der Waals surface area contributed by atoms with E-state index in [2.05, 4.69) is 10.0 Å². The highest BCUT2D eigenvalue weighted by atomic mass is 32.2. The van der Waals surface area contributed by atoms with Crippen LogP contribution in [0.15, 0.2) is 29.2 Å². The van der Waals surface area contributed by atoms with Crippen LogP contribution in [0.25, 0.3) is 0 Å². The first kappa shape index (κ1) is 20.0. The predicted octanol–water partition coefficient (Wildman–Crippen LogP) is 1.25. The van der Waals surface area contributed by atoms with Crippen molar-refractivity contribution in [2.45, 2.75) is 43.5 Å². The molecule has 1 unspecified atom stereocenters. The quantitative estimate of drug-likeness (QED) is 0.581. The number of rotatable bonds is 10. The molecular weight excluding hydrogens is 339 g/mol. The molecule has 9 heteroatoms. The maximum absolute atomic E-state index is 13.5. The first-order valence-corrected chi connectivity index (χ1v) is 9.02. The second-order valence-electron chi connectivity index (χ2n) is 5.18. The first-order chi connectivity index (χ1) is 11.3. The van der Waals surface area contributed by atoms with E-state index < -0.39 is 38.7 Å². The Morgan fingerprint density at radius 2 is 1.96 bits per heavy atom. The first-order valence-electron chi connectivity index (χ1n) is 7.54. The number of sulfonamides is 1. The van der Waals surface area contributed by atoms with Gasteiger partial charge >= 0.3 is 5.97 Å². The van der Waals surface area contributed by atoms with Gasteiger partial charge in [0.15, 0.2) is 0 Å². The molecule has 0 radical (unpaired) electrons. The third-order valence-corrected chi connectivity index (χ3v) is 4.74. The van der Waals surface area contributed by atoms with Crippen LogP contribution >= 0.6 is 0 Å². The number of hydrogen-bond donors (Lipinski definition) is 3. The smallest absolute Gasteiger partial charge is 0.326 e. The summed E-state index contributed by atoms with van der Waals surface area (Å²) in [4.78, 5) is 22.3. The van der Waals surface area contributed by atoms with Gasteiger partial charge in [0, 0.05) is 13.0 Å². The highest BCUT2D eigenvalue weighted by Crippen LogP contribution is 2.12. The normalized spacial score (nSPS) is 12.6. The van der Waals surface area contributed by atoms with Gasteiger partial charge in [0.1, 0.15) is 16.8 Å². The molecule has 0 heterocycles. The van der Waals surface area contributed by atoms with Crippen LogP contribution in [0.2, 0.25) is 0 Å². The molecule has 0 saturated heterocycles. The molecule has 0 aliphatic carbocycles. The minimum Gasteiger partial charge on any atom is -0.480 e. The van der Waals surface area contributed by atoms with Crippen molar-refractivity contribution in [3.05, 3.63) is 30.1 Å². The minimum absolute atomic E-state index is 0.246. The molecule has 1 aromatic rings. The Labute approximate surface area is 140 Å². The molecular formula is C15H21FN2O5S. The van der Waals surface area contributed by atoms with E-state index in [4.69, 9.17) is 5.11 Å². The van der Waals surface area contributed by atoms with Gasteiger partial charge in [-0.05, 0) is 18.6 Å². The molecule has 134 valence electrons. The Balaban J connectivity index is 2.53. The summed E-state index contributed by atoms with van der Waals surface area (Å²) >= 11 is 0. The summed E-state index contributed by atoms with van der Waals surface area (Å²) in [5, 5.41) is 11.4. The Kier molecular flexibility index (Phi) is 7.80. The van der Waals surface area contributed by atoms with E-state index in [0.29, 0.717) is 12.8 Å². The number of carbonyl (C=O) groups excluding carboxylic acids is 1. The largest absolute Gasteiger partial charge is 0.480 e. The number of carbonyl (C=O) groups is 2. The van der Waals surface area contributed by atoms with E-state index in [0.717, 1.165) is 18.6 Å². The van der Waals surface area contributed by atoms with Crippen LogP contribution < -0.4 is 10.0 Å². The van der Waals surface area contributed by atoms with E-state index in [-0.39, 0.29) is 13.0 Å². The summed E-state index contributed by atoms with van der Waals surface area (Å²) in [5.41, 5.74) is 0. The molecule has 1 atom stereocenters. The highest BCUT2D eigenvalue weighted by Gasteiger charge is 2.21. The van der Waals surface area contributed by atoms with E-state index in [9.17, 15) is 22.4 Å².